The van der Waals surface area contributed by atoms with E-state index < -0.39 is 0 Å². The van der Waals surface area contributed by atoms with E-state index in [4.69, 9.17) is 0 Å². The van der Waals surface area contributed by atoms with Gasteiger partial charge in [0.15, 0.2) is 0 Å². The lowest BCUT2D eigenvalue weighted by molar-refractivity contribution is 0.199. The predicted molar refractivity (Wildman–Crippen MR) is 71.0 cm³/mol. The zero-order valence-electron chi connectivity index (χ0n) is 9.09. The summed E-state index contributed by atoms with van der Waals surface area (Å²) in [6.07, 6.45) is -0.387. The number of aliphatic hydroxyl groups is 1. The standard InChI is InChI=1S/C13H14OS2/c1-10(14)12-3-2-4-13(7-12)16-9-11-5-6-15-8-11/h2-8,10,14H,9H2,1H3. The van der Waals surface area contributed by atoms with Gasteiger partial charge in [-0.25, -0.2) is 0 Å². The largest absolute Gasteiger partial charge is 0.389 e. The minimum absolute atomic E-state index is 0.387. The molecule has 0 aliphatic carbocycles. The van der Waals surface area contributed by atoms with Crippen molar-refractivity contribution in [2.75, 3.05) is 0 Å². The van der Waals surface area contributed by atoms with Gasteiger partial charge in [-0.05, 0) is 47.0 Å². The molecule has 1 aromatic carbocycles. The first-order valence-electron chi connectivity index (χ1n) is 5.17. The van der Waals surface area contributed by atoms with Crippen LogP contribution in [0.4, 0.5) is 0 Å². The molecule has 1 nitrogen and oxygen atoms in total. The number of hydrogen-bond acceptors (Lipinski definition) is 3. The molecular formula is C13H14OS2. The SMILES string of the molecule is CC(O)c1cccc(SCc2ccsc2)c1. The van der Waals surface area contributed by atoms with E-state index in [-0.39, 0.29) is 6.10 Å². The molecule has 16 heavy (non-hydrogen) atoms. The normalized spacial score (nSPS) is 12.6. The lowest BCUT2D eigenvalue weighted by atomic mass is 10.1. The molecule has 0 saturated heterocycles. The number of benzene rings is 1. The van der Waals surface area contributed by atoms with Crippen molar-refractivity contribution in [3.8, 4) is 0 Å². The van der Waals surface area contributed by atoms with Crippen molar-refractivity contribution < 1.29 is 5.11 Å². The van der Waals surface area contributed by atoms with Crippen molar-refractivity contribution in [1.82, 2.24) is 0 Å². The van der Waals surface area contributed by atoms with Crippen LogP contribution in [0, 0.1) is 0 Å². The van der Waals surface area contributed by atoms with Crippen LogP contribution in [0.25, 0.3) is 0 Å². The lowest BCUT2D eigenvalue weighted by Gasteiger charge is -2.06. The van der Waals surface area contributed by atoms with Gasteiger partial charge in [0.05, 0.1) is 6.10 Å². The highest BCUT2D eigenvalue weighted by Gasteiger charge is 2.02. The lowest BCUT2D eigenvalue weighted by Crippen LogP contribution is -1.90. The molecule has 2 aromatic rings. The Labute approximate surface area is 104 Å². The number of hydrogen-bond donors (Lipinski definition) is 1. The number of rotatable bonds is 4. The van der Waals surface area contributed by atoms with E-state index in [2.05, 4.69) is 29.0 Å². The van der Waals surface area contributed by atoms with Crippen LogP contribution in [0.2, 0.25) is 0 Å². The van der Waals surface area contributed by atoms with Crippen LogP contribution >= 0.6 is 23.1 Å². The van der Waals surface area contributed by atoms with Gasteiger partial charge in [-0.15, -0.1) is 11.8 Å². The molecule has 2 rings (SSSR count). The van der Waals surface area contributed by atoms with Crippen molar-refractivity contribution in [2.24, 2.45) is 0 Å². The molecule has 0 radical (unpaired) electrons. The first-order chi connectivity index (χ1) is 7.75. The van der Waals surface area contributed by atoms with Crippen molar-refractivity contribution in [3.05, 3.63) is 52.2 Å². The molecule has 0 spiro atoms. The van der Waals surface area contributed by atoms with Gasteiger partial charge in [-0.3, -0.25) is 0 Å². The minimum atomic E-state index is -0.387. The van der Waals surface area contributed by atoms with Gasteiger partial charge < -0.3 is 5.11 Å². The van der Waals surface area contributed by atoms with Crippen LogP contribution in [0.15, 0.2) is 46.0 Å². The maximum absolute atomic E-state index is 9.49. The number of thiophene rings is 1. The molecule has 1 atom stereocenters. The van der Waals surface area contributed by atoms with E-state index in [1.54, 1.807) is 30.0 Å². The molecule has 0 amide bonds. The summed E-state index contributed by atoms with van der Waals surface area (Å²) in [7, 11) is 0. The van der Waals surface area contributed by atoms with Gasteiger partial charge >= 0.3 is 0 Å². The van der Waals surface area contributed by atoms with Gasteiger partial charge in [0.25, 0.3) is 0 Å². The van der Waals surface area contributed by atoms with Crippen molar-refractivity contribution in [1.29, 1.82) is 0 Å². The zero-order valence-corrected chi connectivity index (χ0v) is 10.7. The van der Waals surface area contributed by atoms with Crippen LogP contribution < -0.4 is 0 Å². The average Bonchev–Trinajstić information content (AvgIpc) is 2.79. The third kappa shape index (κ3) is 3.11. The summed E-state index contributed by atoms with van der Waals surface area (Å²) in [4.78, 5) is 1.21. The van der Waals surface area contributed by atoms with E-state index >= 15 is 0 Å². The first kappa shape index (κ1) is 11.7. The molecular weight excluding hydrogens is 236 g/mol. The quantitative estimate of drug-likeness (QED) is 0.825. The number of thioether (sulfide) groups is 1. The molecule has 0 saturated carbocycles. The molecule has 1 heterocycles. The summed E-state index contributed by atoms with van der Waals surface area (Å²) in [5.74, 6) is 0.993. The van der Waals surface area contributed by atoms with Crippen LogP contribution in [-0.2, 0) is 5.75 Å². The molecule has 3 heteroatoms. The summed E-state index contributed by atoms with van der Waals surface area (Å²) in [5.41, 5.74) is 2.34. The Hall–Kier alpha value is -0.770. The fourth-order valence-corrected chi connectivity index (χ4v) is 3.09. The van der Waals surface area contributed by atoms with E-state index in [9.17, 15) is 5.11 Å². The highest BCUT2D eigenvalue weighted by atomic mass is 32.2. The maximum Gasteiger partial charge on any atom is 0.0762 e. The van der Waals surface area contributed by atoms with Crippen LogP contribution in [-0.4, -0.2) is 5.11 Å². The van der Waals surface area contributed by atoms with Crippen molar-refractivity contribution in [2.45, 2.75) is 23.7 Å². The summed E-state index contributed by atoms with van der Waals surface area (Å²) < 4.78 is 0. The molecule has 1 unspecified atom stereocenters. The third-order valence-corrected chi connectivity index (χ3v) is 4.12. The summed E-state index contributed by atoms with van der Waals surface area (Å²) in [6.45, 7) is 1.79. The van der Waals surface area contributed by atoms with Crippen LogP contribution in [0.1, 0.15) is 24.2 Å². The topological polar surface area (TPSA) is 20.2 Å². The van der Waals surface area contributed by atoms with Gasteiger partial charge in [0, 0.05) is 10.6 Å². The monoisotopic (exact) mass is 250 g/mol. The Balaban J connectivity index is 2.01. The highest BCUT2D eigenvalue weighted by Crippen LogP contribution is 2.26. The molecule has 0 aliphatic heterocycles. The molecule has 84 valence electrons. The van der Waals surface area contributed by atoms with Gasteiger partial charge in [-0.1, -0.05) is 12.1 Å². The second kappa shape index (κ2) is 5.53. The third-order valence-electron chi connectivity index (χ3n) is 2.33. The first-order valence-corrected chi connectivity index (χ1v) is 7.10. The summed E-state index contributed by atoms with van der Waals surface area (Å²) in [6, 6.07) is 10.2. The average molecular weight is 250 g/mol. The zero-order chi connectivity index (χ0) is 11.4. The van der Waals surface area contributed by atoms with E-state index in [1.165, 1.54) is 10.5 Å². The molecule has 1 aromatic heterocycles. The fourth-order valence-electron chi connectivity index (χ4n) is 1.41. The van der Waals surface area contributed by atoms with E-state index in [0.29, 0.717) is 0 Å². The second-order valence-electron chi connectivity index (χ2n) is 3.67. The Morgan fingerprint density at radius 3 is 2.94 bits per heavy atom. The minimum Gasteiger partial charge on any atom is -0.389 e. The smallest absolute Gasteiger partial charge is 0.0762 e. The highest BCUT2D eigenvalue weighted by molar-refractivity contribution is 7.98. The van der Waals surface area contributed by atoms with Crippen molar-refractivity contribution >= 4 is 23.1 Å². The van der Waals surface area contributed by atoms with Crippen LogP contribution in [0.5, 0.6) is 0 Å². The number of aliphatic hydroxyl groups excluding tert-OH is 1. The molecule has 0 bridgehead atoms. The Morgan fingerprint density at radius 1 is 1.38 bits per heavy atom. The van der Waals surface area contributed by atoms with Gasteiger partial charge in [-0.2, -0.15) is 11.3 Å². The molecule has 0 aliphatic rings. The van der Waals surface area contributed by atoms with Crippen LogP contribution in [0.3, 0.4) is 0 Å². The van der Waals surface area contributed by atoms with Gasteiger partial charge in [0.1, 0.15) is 0 Å². The Morgan fingerprint density at radius 2 is 2.25 bits per heavy atom. The molecule has 0 fully saturated rings. The fraction of sp³-hybridized carbons (Fsp3) is 0.231. The summed E-state index contributed by atoms with van der Waals surface area (Å²) in [5, 5.41) is 13.8. The van der Waals surface area contributed by atoms with Crippen molar-refractivity contribution in [3.63, 3.8) is 0 Å². The molecule has 1 N–H and O–H groups in total. The van der Waals surface area contributed by atoms with E-state index in [0.717, 1.165) is 11.3 Å². The maximum atomic E-state index is 9.49. The summed E-state index contributed by atoms with van der Waals surface area (Å²) >= 11 is 3.53. The Bertz CT molecular complexity index is 435. The van der Waals surface area contributed by atoms with Gasteiger partial charge in [0.2, 0.25) is 0 Å². The van der Waals surface area contributed by atoms with E-state index in [1.807, 2.05) is 12.1 Å². The Kier molecular flexibility index (Phi) is 4.04. The predicted octanol–water partition coefficient (Wildman–Crippen LogP) is 4.09. The second-order valence-corrected chi connectivity index (χ2v) is 5.50.